The number of nitrogens with one attached hydrogen (secondary N) is 1. The first-order chi connectivity index (χ1) is 16.0. The maximum Gasteiger partial charge on any atom is 0.338 e. The number of ether oxygens (including phenoxy) is 1. The number of para-hydroxylation sites is 1. The van der Waals surface area contributed by atoms with Crippen LogP contribution in [0.4, 0.5) is 4.39 Å². The first-order valence-electron chi connectivity index (χ1n) is 10.5. The molecule has 1 aliphatic rings. The Morgan fingerprint density at radius 3 is 2.73 bits per heavy atom. The highest BCUT2D eigenvalue weighted by Crippen LogP contribution is 2.30. The van der Waals surface area contributed by atoms with E-state index in [9.17, 15) is 14.0 Å². The Balaban J connectivity index is 1.72. The lowest BCUT2D eigenvalue weighted by atomic mass is 9.96. The first-order valence-corrected chi connectivity index (χ1v) is 11.3. The largest absolute Gasteiger partial charge is 0.463 e. The highest BCUT2D eigenvalue weighted by atomic mass is 32.1. The van der Waals surface area contributed by atoms with Gasteiger partial charge >= 0.3 is 5.97 Å². The highest BCUT2D eigenvalue weighted by molar-refractivity contribution is 7.07. The van der Waals surface area contributed by atoms with Crippen LogP contribution in [-0.2, 0) is 9.53 Å². The third kappa shape index (κ3) is 3.72. The van der Waals surface area contributed by atoms with Crippen LogP contribution in [0.2, 0.25) is 0 Å². The minimum Gasteiger partial charge on any atom is -0.463 e. The summed E-state index contributed by atoms with van der Waals surface area (Å²) in [5, 5.41) is 1.04. The summed E-state index contributed by atoms with van der Waals surface area (Å²) >= 11 is 1.25. The number of rotatable bonds is 4. The minimum absolute atomic E-state index is 0.191. The van der Waals surface area contributed by atoms with Gasteiger partial charge in [-0.05, 0) is 55.1 Å². The number of hydrogen-bond acceptors (Lipinski definition) is 5. The van der Waals surface area contributed by atoms with E-state index < -0.39 is 17.8 Å². The fraction of sp³-hybridized carbons (Fsp3) is 0.160. The Morgan fingerprint density at radius 2 is 2.00 bits per heavy atom. The molecule has 1 atom stereocenters. The van der Waals surface area contributed by atoms with Crippen molar-refractivity contribution in [2.45, 2.75) is 19.9 Å². The van der Waals surface area contributed by atoms with Gasteiger partial charge in [0.1, 0.15) is 5.82 Å². The lowest BCUT2D eigenvalue weighted by Gasteiger charge is -2.24. The molecule has 2 aromatic heterocycles. The first kappa shape index (κ1) is 21.1. The SMILES string of the molecule is CCOC(=O)C1=C(C)N=c2s/c(=C/c3cc4ccccc4[nH]3)c(=O)n2[C@@H]1c1ccc(F)cc1. The van der Waals surface area contributed by atoms with Gasteiger partial charge in [-0.1, -0.05) is 41.7 Å². The van der Waals surface area contributed by atoms with E-state index in [0.29, 0.717) is 20.6 Å². The summed E-state index contributed by atoms with van der Waals surface area (Å²) < 4.78 is 20.9. The molecule has 0 fully saturated rings. The normalized spacial score (nSPS) is 16.1. The maximum absolute atomic E-state index is 13.6. The summed E-state index contributed by atoms with van der Waals surface area (Å²) in [4.78, 5) is 34.7. The molecule has 0 aliphatic carbocycles. The molecular formula is C25H20FN3O3S. The number of carbonyl (C=O) groups excluding carboxylic acids is 1. The number of allylic oxidation sites excluding steroid dienone is 1. The van der Waals surface area contributed by atoms with Crippen molar-refractivity contribution in [2.75, 3.05) is 6.61 Å². The second-order valence-electron chi connectivity index (χ2n) is 7.67. The summed E-state index contributed by atoms with van der Waals surface area (Å²) in [5.41, 5.74) is 2.84. The van der Waals surface area contributed by atoms with Crippen LogP contribution < -0.4 is 14.9 Å². The van der Waals surface area contributed by atoms with Crippen LogP contribution in [0.3, 0.4) is 0 Å². The Morgan fingerprint density at radius 1 is 1.24 bits per heavy atom. The molecular weight excluding hydrogens is 441 g/mol. The number of fused-ring (bicyclic) bond motifs is 2. The number of aromatic nitrogens is 2. The van der Waals surface area contributed by atoms with Gasteiger partial charge in [0, 0.05) is 11.2 Å². The topological polar surface area (TPSA) is 76.4 Å². The van der Waals surface area contributed by atoms with E-state index in [-0.39, 0.29) is 17.7 Å². The molecule has 8 heteroatoms. The fourth-order valence-electron chi connectivity index (χ4n) is 4.07. The molecule has 166 valence electrons. The van der Waals surface area contributed by atoms with Gasteiger partial charge in [-0.15, -0.1) is 0 Å². The predicted octanol–water partition coefficient (Wildman–Crippen LogP) is 3.42. The van der Waals surface area contributed by atoms with Crippen LogP contribution >= 0.6 is 11.3 Å². The zero-order valence-corrected chi connectivity index (χ0v) is 18.8. The molecule has 4 aromatic rings. The molecule has 0 spiro atoms. The second kappa shape index (κ2) is 8.29. The molecule has 0 saturated heterocycles. The predicted molar refractivity (Wildman–Crippen MR) is 125 cm³/mol. The number of H-pyrrole nitrogens is 1. The second-order valence-corrected chi connectivity index (χ2v) is 8.67. The van der Waals surface area contributed by atoms with Gasteiger partial charge < -0.3 is 9.72 Å². The Kier molecular flexibility index (Phi) is 5.30. The quantitative estimate of drug-likeness (QED) is 0.473. The summed E-state index contributed by atoms with van der Waals surface area (Å²) in [5.74, 6) is -0.943. The molecule has 0 bridgehead atoms. The monoisotopic (exact) mass is 461 g/mol. The van der Waals surface area contributed by atoms with Crippen LogP contribution in [0.5, 0.6) is 0 Å². The number of hydrogen-bond donors (Lipinski definition) is 1. The molecule has 5 rings (SSSR count). The smallest absolute Gasteiger partial charge is 0.338 e. The van der Waals surface area contributed by atoms with Crippen molar-refractivity contribution in [3.8, 4) is 0 Å². The third-order valence-corrected chi connectivity index (χ3v) is 6.52. The van der Waals surface area contributed by atoms with E-state index >= 15 is 0 Å². The zero-order chi connectivity index (χ0) is 23.1. The van der Waals surface area contributed by atoms with Gasteiger partial charge in [0.25, 0.3) is 5.56 Å². The summed E-state index contributed by atoms with van der Waals surface area (Å²) in [6.07, 6.45) is 1.79. The highest BCUT2D eigenvalue weighted by Gasteiger charge is 2.33. The molecule has 1 N–H and O–H groups in total. The van der Waals surface area contributed by atoms with Crippen LogP contribution in [0.15, 0.2) is 75.7 Å². The van der Waals surface area contributed by atoms with Gasteiger partial charge in [0.15, 0.2) is 4.80 Å². The molecule has 0 radical (unpaired) electrons. The molecule has 2 aromatic carbocycles. The van der Waals surface area contributed by atoms with Crippen molar-refractivity contribution in [3.63, 3.8) is 0 Å². The minimum atomic E-state index is -0.759. The maximum atomic E-state index is 13.6. The van der Waals surface area contributed by atoms with Crippen LogP contribution in [0.25, 0.3) is 17.0 Å². The summed E-state index contributed by atoms with van der Waals surface area (Å²) in [7, 11) is 0. The molecule has 1 aliphatic heterocycles. The molecule has 0 unspecified atom stereocenters. The summed E-state index contributed by atoms with van der Waals surface area (Å²) in [6.45, 7) is 3.63. The fourth-order valence-corrected chi connectivity index (χ4v) is 5.10. The zero-order valence-electron chi connectivity index (χ0n) is 18.0. The van der Waals surface area contributed by atoms with E-state index in [1.807, 2.05) is 30.3 Å². The van der Waals surface area contributed by atoms with Gasteiger partial charge in [-0.25, -0.2) is 14.2 Å². The van der Waals surface area contributed by atoms with Crippen LogP contribution in [0, 0.1) is 5.82 Å². The average molecular weight is 462 g/mol. The van der Waals surface area contributed by atoms with E-state index in [1.54, 1.807) is 32.1 Å². The van der Waals surface area contributed by atoms with E-state index in [2.05, 4.69) is 9.98 Å². The standard InChI is InChI=1S/C25H20FN3O3S/c1-3-32-24(31)21-14(2)27-25-29(22(21)15-8-10-17(26)11-9-15)23(30)20(33-25)13-18-12-16-6-4-5-7-19(16)28-18/h4-13,22,28H,3H2,1-2H3/b20-13+/t22-/m1/s1. The van der Waals surface area contributed by atoms with Gasteiger partial charge in [0.2, 0.25) is 0 Å². The van der Waals surface area contributed by atoms with Crippen molar-refractivity contribution in [1.29, 1.82) is 0 Å². The number of aromatic amines is 1. The van der Waals surface area contributed by atoms with E-state index in [0.717, 1.165) is 16.6 Å². The number of halogens is 1. The van der Waals surface area contributed by atoms with E-state index in [4.69, 9.17) is 4.74 Å². The molecule has 33 heavy (non-hydrogen) atoms. The van der Waals surface area contributed by atoms with Gasteiger partial charge in [-0.3, -0.25) is 9.36 Å². The third-order valence-electron chi connectivity index (χ3n) is 5.54. The van der Waals surface area contributed by atoms with Crippen molar-refractivity contribution >= 4 is 34.3 Å². The number of benzene rings is 2. The number of nitrogens with zero attached hydrogens (tertiary/aromatic N) is 2. The lowest BCUT2D eigenvalue weighted by molar-refractivity contribution is -0.139. The van der Waals surface area contributed by atoms with Crippen molar-refractivity contribution in [3.05, 3.63) is 103 Å². The van der Waals surface area contributed by atoms with Crippen molar-refractivity contribution < 1.29 is 13.9 Å². The Hall–Kier alpha value is -3.78. The van der Waals surface area contributed by atoms with Crippen molar-refractivity contribution in [1.82, 2.24) is 9.55 Å². The van der Waals surface area contributed by atoms with Gasteiger partial charge in [-0.2, -0.15) is 0 Å². The van der Waals surface area contributed by atoms with Crippen molar-refractivity contribution in [2.24, 2.45) is 4.99 Å². The number of carbonyl (C=O) groups is 1. The molecule has 6 nitrogen and oxygen atoms in total. The van der Waals surface area contributed by atoms with Gasteiger partial charge in [0.05, 0.1) is 28.5 Å². The average Bonchev–Trinajstić information content (AvgIpc) is 3.34. The summed E-state index contributed by atoms with van der Waals surface area (Å²) in [6, 6.07) is 14.9. The molecule has 3 heterocycles. The number of esters is 1. The van der Waals surface area contributed by atoms with E-state index in [1.165, 1.54) is 28.0 Å². The lowest BCUT2D eigenvalue weighted by Crippen LogP contribution is -2.39. The number of thiazole rings is 1. The Labute approximate surface area is 192 Å². The Bertz CT molecular complexity index is 1560. The van der Waals surface area contributed by atoms with Crippen LogP contribution in [0.1, 0.15) is 31.1 Å². The molecule has 0 amide bonds. The molecule has 0 saturated carbocycles. The van der Waals surface area contributed by atoms with Crippen LogP contribution in [-0.4, -0.2) is 22.1 Å².